The van der Waals surface area contributed by atoms with E-state index in [0.717, 1.165) is 16.9 Å². The zero-order chi connectivity index (χ0) is 16.1. The molecule has 11 heteroatoms. The maximum absolute atomic E-state index is 12.7. The van der Waals surface area contributed by atoms with E-state index in [2.05, 4.69) is 25.4 Å². The molecular formula is C11H9FN6O4. The lowest BCUT2D eigenvalue weighted by molar-refractivity contribution is -0.394. The van der Waals surface area contributed by atoms with Gasteiger partial charge >= 0.3 is 11.9 Å². The largest absolute Gasteiger partial charge is 0.514 e. The minimum Gasteiger partial charge on any atom is -0.390 e. The molecule has 0 radical (unpaired) electrons. The summed E-state index contributed by atoms with van der Waals surface area (Å²) in [5.41, 5.74) is 0.412. The Bertz CT molecular complexity index is 726. The molecule has 10 nitrogen and oxygen atoms in total. The number of aromatic nitrogens is 4. The van der Waals surface area contributed by atoms with Gasteiger partial charge in [-0.1, -0.05) is 9.95 Å². The number of carbonyl (C=O) groups excluding carboxylic acids is 1. The first kappa shape index (κ1) is 15.2. The monoisotopic (exact) mass is 308 g/mol. The molecule has 0 fully saturated rings. The van der Waals surface area contributed by atoms with E-state index in [9.17, 15) is 19.3 Å². The van der Waals surface area contributed by atoms with Gasteiger partial charge < -0.3 is 15.0 Å². The minimum atomic E-state index is -0.787. The van der Waals surface area contributed by atoms with Crippen molar-refractivity contribution in [3.05, 3.63) is 45.8 Å². The maximum atomic E-state index is 12.7. The van der Waals surface area contributed by atoms with Crippen molar-refractivity contribution >= 4 is 17.6 Å². The number of nitro groups is 1. The molecule has 0 saturated carbocycles. The molecule has 0 saturated heterocycles. The van der Waals surface area contributed by atoms with Crippen LogP contribution in [-0.4, -0.2) is 36.8 Å². The number of hydrogen-bond acceptors (Lipinski definition) is 8. The summed E-state index contributed by atoms with van der Waals surface area (Å²) >= 11 is 0. The number of rotatable bonds is 5. The summed E-state index contributed by atoms with van der Waals surface area (Å²) in [4.78, 5) is 26.8. The Hall–Kier alpha value is -3.24. The van der Waals surface area contributed by atoms with Crippen LogP contribution in [0.5, 0.6) is 0 Å². The fourth-order valence-electron chi connectivity index (χ4n) is 1.37. The highest BCUT2D eigenvalue weighted by atomic mass is 19.1. The van der Waals surface area contributed by atoms with Crippen molar-refractivity contribution in [2.75, 3.05) is 0 Å². The molecule has 0 unspecified atom stereocenters. The quantitative estimate of drug-likeness (QED) is 0.348. The van der Waals surface area contributed by atoms with Crippen LogP contribution in [0.25, 0.3) is 0 Å². The first-order chi connectivity index (χ1) is 10.5. The normalized spacial score (nSPS) is 11.3. The van der Waals surface area contributed by atoms with Crippen LogP contribution in [0.3, 0.4) is 0 Å². The topological polar surface area (TPSA) is 125 Å². The van der Waals surface area contributed by atoms with Gasteiger partial charge in [-0.3, -0.25) is 0 Å². The predicted molar refractivity (Wildman–Crippen MR) is 69.4 cm³/mol. The second-order valence-electron chi connectivity index (χ2n) is 4.09. The number of nitrogens with zero attached hydrogens (tertiary/aromatic N) is 6. The third-order valence-corrected chi connectivity index (χ3v) is 2.34. The molecule has 0 spiro atoms. The van der Waals surface area contributed by atoms with Crippen LogP contribution >= 0.6 is 0 Å². The number of halogens is 1. The van der Waals surface area contributed by atoms with E-state index >= 15 is 0 Å². The lowest BCUT2D eigenvalue weighted by Crippen LogP contribution is -2.12. The van der Waals surface area contributed by atoms with E-state index in [1.54, 1.807) is 0 Å². The lowest BCUT2D eigenvalue weighted by Gasteiger charge is -1.99. The SMILES string of the molecule is CC(Cn1nnc([N+](=O)[O-])n1)=NOC(=O)c1ccc(F)cc1. The van der Waals surface area contributed by atoms with Crippen LogP contribution in [0.4, 0.5) is 10.3 Å². The van der Waals surface area contributed by atoms with Crippen LogP contribution in [0.15, 0.2) is 29.4 Å². The Kier molecular flexibility index (Phi) is 4.46. The third kappa shape index (κ3) is 3.88. The number of benzene rings is 1. The number of tetrazole rings is 1. The van der Waals surface area contributed by atoms with Crippen LogP contribution in [0.1, 0.15) is 17.3 Å². The summed E-state index contributed by atoms with van der Waals surface area (Å²) in [5, 5.41) is 24.1. The molecule has 0 aliphatic rings. The van der Waals surface area contributed by atoms with E-state index < -0.39 is 22.7 Å². The molecule has 0 N–H and O–H groups in total. The van der Waals surface area contributed by atoms with Gasteiger partial charge in [0.25, 0.3) is 0 Å². The molecule has 114 valence electrons. The van der Waals surface area contributed by atoms with E-state index in [-0.39, 0.29) is 17.8 Å². The van der Waals surface area contributed by atoms with Crippen molar-refractivity contribution in [3.63, 3.8) is 0 Å². The van der Waals surface area contributed by atoms with Crippen molar-refractivity contribution in [2.45, 2.75) is 13.5 Å². The molecular weight excluding hydrogens is 299 g/mol. The molecule has 1 aromatic heterocycles. The maximum Gasteiger partial charge on any atom is 0.514 e. The van der Waals surface area contributed by atoms with Gasteiger partial charge in [0.15, 0.2) is 0 Å². The Morgan fingerprint density at radius 3 is 2.73 bits per heavy atom. The molecule has 0 bridgehead atoms. The minimum absolute atomic E-state index is 0.0441. The van der Waals surface area contributed by atoms with Crippen molar-refractivity contribution in [2.24, 2.45) is 5.16 Å². The first-order valence-electron chi connectivity index (χ1n) is 5.88. The molecule has 1 heterocycles. The number of carbonyl (C=O) groups is 1. The third-order valence-electron chi connectivity index (χ3n) is 2.34. The molecule has 0 aliphatic heterocycles. The molecule has 0 atom stereocenters. The van der Waals surface area contributed by atoms with Crippen molar-refractivity contribution < 1.29 is 18.9 Å². The van der Waals surface area contributed by atoms with E-state index in [0.29, 0.717) is 0 Å². The lowest BCUT2D eigenvalue weighted by atomic mass is 10.2. The standard InChI is InChI=1S/C11H9FN6O4/c1-7(6-17-14-11(13-16-17)18(20)21)15-22-10(19)8-2-4-9(12)5-3-8/h2-5H,6H2,1H3. The van der Waals surface area contributed by atoms with Gasteiger partial charge in [-0.15, -0.1) is 0 Å². The van der Waals surface area contributed by atoms with Crippen LogP contribution < -0.4 is 0 Å². The Morgan fingerprint density at radius 1 is 1.45 bits per heavy atom. The van der Waals surface area contributed by atoms with Crippen LogP contribution in [0.2, 0.25) is 0 Å². The van der Waals surface area contributed by atoms with Gasteiger partial charge in [0.05, 0.1) is 21.5 Å². The molecule has 2 aromatic rings. The van der Waals surface area contributed by atoms with E-state index in [1.165, 1.54) is 19.1 Å². The van der Waals surface area contributed by atoms with Gasteiger partial charge in [0, 0.05) is 5.21 Å². The van der Waals surface area contributed by atoms with Crippen molar-refractivity contribution in [1.82, 2.24) is 20.2 Å². The number of hydrogen-bond donors (Lipinski definition) is 0. The van der Waals surface area contributed by atoms with Crippen LogP contribution in [0, 0.1) is 15.9 Å². The Balaban J connectivity index is 1.95. The average molecular weight is 308 g/mol. The molecule has 0 amide bonds. The second-order valence-corrected chi connectivity index (χ2v) is 4.09. The number of oxime groups is 1. The zero-order valence-corrected chi connectivity index (χ0v) is 11.2. The smallest absolute Gasteiger partial charge is 0.390 e. The Labute approximate surface area is 122 Å². The summed E-state index contributed by atoms with van der Waals surface area (Å²) in [5.74, 6) is -1.89. The summed E-state index contributed by atoms with van der Waals surface area (Å²) in [7, 11) is 0. The van der Waals surface area contributed by atoms with Gasteiger partial charge in [0.1, 0.15) is 12.4 Å². The van der Waals surface area contributed by atoms with Gasteiger partial charge in [-0.25, -0.2) is 9.18 Å². The highest BCUT2D eigenvalue weighted by Crippen LogP contribution is 2.05. The molecule has 22 heavy (non-hydrogen) atoms. The fourth-order valence-corrected chi connectivity index (χ4v) is 1.37. The summed E-state index contributed by atoms with van der Waals surface area (Å²) in [6.45, 7) is 1.46. The summed E-state index contributed by atoms with van der Waals surface area (Å²) in [6, 6.07) is 4.74. The fraction of sp³-hybridized carbons (Fsp3) is 0.182. The van der Waals surface area contributed by atoms with Gasteiger partial charge in [-0.05, 0) is 36.1 Å². The van der Waals surface area contributed by atoms with E-state index in [4.69, 9.17) is 0 Å². The highest BCUT2D eigenvalue weighted by molar-refractivity contribution is 5.90. The highest BCUT2D eigenvalue weighted by Gasteiger charge is 2.16. The molecule has 2 rings (SSSR count). The van der Waals surface area contributed by atoms with Crippen molar-refractivity contribution in [1.29, 1.82) is 0 Å². The summed E-state index contributed by atoms with van der Waals surface area (Å²) < 4.78 is 12.7. The second kappa shape index (κ2) is 6.47. The summed E-state index contributed by atoms with van der Waals surface area (Å²) in [6.07, 6.45) is 0. The van der Waals surface area contributed by atoms with Crippen LogP contribution in [-0.2, 0) is 11.4 Å². The van der Waals surface area contributed by atoms with E-state index in [1.807, 2.05) is 0 Å². The van der Waals surface area contributed by atoms with Gasteiger partial charge in [-0.2, -0.15) is 0 Å². The molecule has 0 aliphatic carbocycles. The Morgan fingerprint density at radius 2 is 2.14 bits per heavy atom. The zero-order valence-electron chi connectivity index (χ0n) is 11.2. The van der Waals surface area contributed by atoms with Gasteiger partial charge in [0.2, 0.25) is 0 Å². The first-order valence-corrected chi connectivity index (χ1v) is 5.88. The average Bonchev–Trinajstić information content (AvgIpc) is 2.94. The molecule has 1 aromatic carbocycles. The van der Waals surface area contributed by atoms with Crippen molar-refractivity contribution in [3.8, 4) is 0 Å². The predicted octanol–water partition coefficient (Wildman–Crippen LogP) is 0.953.